The van der Waals surface area contributed by atoms with E-state index in [-0.39, 0.29) is 0 Å². The second-order valence-electron chi connectivity index (χ2n) is 5.44. The summed E-state index contributed by atoms with van der Waals surface area (Å²) in [6.07, 6.45) is 7.06. The molecule has 1 aromatic rings. The van der Waals surface area contributed by atoms with Gasteiger partial charge in [0.25, 0.3) is 0 Å². The number of anilines is 2. The molecule has 1 aromatic heterocycles. The van der Waals surface area contributed by atoms with E-state index in [0.29, 0.717) is 4.75 Å². The van der Waals surface area contributed by atoms with Crippen LogP contribution in [-0.4, -0.2) is 34.1 Å². The molecule has 1 aliphatic carbocycles. The summed E-state index contributed by atoms with van der Waals surface area (Å²) < 4.78 is 0.419. The molecule has 1 fully saturated rings. The molecule has 0 spiro atoms. The van der Waals surface area contributed by atoms with Crippen LogP contribution in [0.1, 0.15) is 44.5 Å². The summed E-state index contributed by atoms with van der Waals surface area (Å²) >= 11 is 1.99. The van der Waals surface area contributed by atoms with Crippen molar-refractivity contribution in [1.29, 1.82) is 0 Å². The van der Waals surface area contributed by atoms with Crippen molar-refractivity contribution in [3.05, 3.63) is 11.4 Å². The Morgan fingerprint density at radius 2 is 1.80 bits per heavy atom. The molecular formula is C15H26N4S. The van der Waals surface area contributed by atoms with Crippen LogP contribution in [0, 0.1) is 6.92 Å². The molecule has 1 heterocycles. The topological polar surface area (TPSA) is 49.8 Å². The van der Waals surface area contributed by atoms with Gasteiger partial charge in [-0.3, -0.25) is 0 Å². The smallest absolute Gasteiger partial charge is 0.134 e. The van der Waals surface area contributed by atoms with Crippen molar-refractivity contribution in [2.24, 2.45) is 0 Å². The number of aryl methyl sites for hydroxylation is 1. The van der Waals surface area contributed by atoms with Crippen molar-refractivity contribution < 1.29 is 0 Å². The number of nitrogens with one attached hydrogen (secondary N) is 2. The van der Waals surface area contributed by atoms with E-state index in [9.17, 15) is 0 Å². The van der Waals surface area contributed by atoms with E-state index in [1.165, 1.54) is 19.3 Å². The lowest BCUT2D eigenvalue weighted by atomic mass is 9.84. The van der Waals surface area contributed by atoms with Gasteiger partial charge in [-0.15, -0.1) is 0 Å². The van der Waals surface area contributed by atoms with Gasteiger partial charge < -0.3 is 10.6 Å². The van der Waals surface area contributed by atoms with Crippen molar-refractivity contribution in [3.63, 3.8) is 0 Å². The number of aromatic nitrogens is 2. The molecule has 0 saturated heterocycles. The summed E-state index contributed by atoms with van der Waals surface area (Å²) in [6, 6.07) is 0. The lowest BCUT2D eigenvalue weighted by Crippen LogP contribution is -2.40. The highest BCUT2D eigenvalue weighted by Gasteiger charge is 2.36. The molecule has 0 bridgehead atoms. The fourth-order valence-electron chi connectivity index (χ4n) is 2.50. The molecule has 0 atom stereocenters. The molecular weight excluding hydrogens is 268 g/mol. The highest BCUT2D eigenvalue weighted by molar-refractivity contribution is 8.00. The standard InChI is InChI=1S/C15H26N4S/c1-5-12-18-13(16-6-2)11(3)14(19-12)17-10-15(20-4)8-7-9-15/h5-10H2,1-4H3,(H2,16,17,18,19). The van der Waals surface area contributed by atoms with Crippen LogP contribution in [0.15, 0.2) is 0 Å². The Hall–Kier alpha value is -0.970. The van der Waals surface area contributed by atoms with Crippen LogP contribution in [0.25, 0.3) is 0 Å². The lowest BCUT2D eigenvalue weighted by Gasteiger charge is -2.40. The first kappa shape index (κ1) is 15.4. The van der Waals surface area contributed by atoms with E-state index in [1.807, 2.05) is 11.8 Å². The first-order chi connectivity index (χ1) is 9.64. The predicted molar refractivity (Wildman–Crippen MR) is 88.9 cm³/mol. The zero-order valence-corrected chi connectivity index (χ0v) is 13.9. The predicted octanol–water partition coefficient (Wildman–Crippen LogP) is 3.48. The third kappa shape index (κ3) is 3.19. The van der Waals surface area contributed by atoms with E-state index < -0.39 is 0 Å². The van der Waals surface area contributed by atoms with Gasteiger partial charge in [-0.05, 0) is 32.9 Å². The van der Waals surface area contributed by atoms with Crippen molar-refractivity contribution in [2.45, 2.75) is 51.2 Å². The third-order valence-corrected chi connectivity index (χ3v) is 5.55. The largest absolute Gasteiger partial charge is 0.370 e. The quantitative estimate of drug-likeness (QED) is 0.806. The van der Waals surface area contributed by atoms with Crippen LogP contribution in [-0.2, 0) is 6.42 Å². The molecule has 0 unspecified atom stereocenters. The van der Waals surface area contributed by atoms with Crippen LogP contribution < -0.4 is 10.6 Å². The van der Waals surface area contributed by atoms with Gasteiger partial charge in [-0.2, -0.15) is 11.8 Å². The number of nitrogens with zero attached hydrogens (tertiary/aromatic N) is 2. The van der Waals surface area contributed by atoms with Crippen molar-refractivity contribution in [1.82, 2.24) is 9.97 Å². The maximum atomic E-state index is 4.66. The minimum Gasteiger partial charge on any atom is -0.370 e. The van der Waals surface area contributed by atoms with Crippen molar-refractivity contribution >= 4 is 23.4 Å². The Morgan fingerprint density at radius 3 is 2.25 bits per heavy atom. The van der Waals surface area contributed by atoms with Gasteiger partial charge in [0.1, 0.15) is 17.5 Å². The molecule has 0 aliphatic heterocycles. The van der Waals surface area contributed by atoms with Gasteiger partial charge in [0.2, 0.25) is 0 Å². The molecule has 0 aromatic carbocycles. The SMILES string of the molecule is CCNc1nc(CC)nc(NCC2(SC)CCC2)c1C. The minimum absolute atomic E-state index is 0.419. The van der Waals surface area contributed by atoms with E-state index in [0.717, 1.165) is 42.5 Å². The highest BCUT2D eigenvalue weighted by Crippen LogP contribution is 2.42. The Morgan fingerprint density at radius 1 is 1.15 bits per heavy atom. The van der Waals surface area contributed by atoms with Crippen LogP contribution in [0.5, 0.6) is 0 Å². The molecule has 1 aliphatic rings. The van der Waals surface area contributed by atoms with Gasteiger partial charge >= 0.3 is 0 Å². The average molecular weight is 294 g/mol. The van der Waals surface area contributed by atoms with E-state index in [4.69, 9.17) is 0 Å². The second kappa shape index (κ2) is 6.66. The molecule has 0 radical (unpaired) electrons. The summed E-state index contributed by atoms with van der Waals surface area (Å²) in [6.45, 7) is 8.17. The van der Waals surface area contributed by atoms with Gasteiger partial charge in [-0.25, -0.2) is 9.97 Å². The fraction of sp³-hybridized carbons (Fsp3) is 0.733. The highest BCUT2D eigenvalue weighted by atomic mass is 32.2. The third-order valence-electron chi connectivity index (χ3n) is 4.13. The van der Waals surface area contributed by atoms with E-state index >= 15 is 0 Å². The Balaban J connectivity index is 2.15. The van der Waals surface area contributed by atoms with Crippen LogP contribution in [0.3, 0.4) is 0 Å². The summed E-state index contributed by atoms with van der Waals surface area (Å²) in [5.74, 6) is 2.86. The summed E-state index contributed by atoms with van der Waals surface area (Å²) in [5.41, 5.74) is 1.12. The fourth-order valence-corrected chi connectivity index (χ4v) is 3.42. The second-order valence-corrected chi connectivity index (χ2v) is 6.71. The molecule has 2 N–H and O–H groups in total. The molecule has 20 heavy (non-hydrogen) atoms. The van der Waals surface area contributed by atoms with Crippen molar-refractivity contribution in [3.8, 4) is 0 Å². The summed E-state index contributed by atoms with van der Waals surface area (Å²) in [7, 11) is 0. The minimum atomic E-state index is 0.419. The van der Waals surface area contributed by atoms with Gasteiger partial charge in [-0.1, -0.05) is 13.3 Å². The maximum absolute atomic E-state index is 4.66. The normalized spacial score (nSPS) is 16.6. The zero-order valence-electron chi connectivity index (χ0n) is 13.0. The average Bonchev–Trinajstić information content (AvgIpc) is 2.42. The first-order valence-electron chi connectivity index (χ1n) is 7.54. The molecule has 112 valence electrons. The van der Waals surface area contributed by atoms with E-state index in [1.54, 1.807) is 0 Å². The number of hydrogen-bond acceptors (Lipinski definition) is 5. The maximum Gasteiger partial charge on any atom is 0.134 e. The Labute approximate surface area is 126 Å². The van der Waals surface area contributed by atoms with Crippen LogP contribution >= 0.6 is 11.8 Å². The molecule has 5 heteroatoms. The molecule has 0 amide bonds. The van der Waals surface area contributed by atoms with Crippen LogP contribution in [0.2, 0.25) is 0 Å². The Bertz CT molecular complexity index is 452. The number of thioether (sulfide) groups is 1. The molecule has 2 rings (SSSR count). The monoisotopic (exact) mass is 294 g/mol. The summed E-state index contributed by atoms with van der Waals surface area (Å²) in [5, 5.41) is 6.90. The number of rotatable bonds is 7. The summed E-state index contributed by atoms with van der Waals surface area (Å²) in [4.78, 5) is 9.23. The van der Waals surface area contributed by atoms with E-state index in [2.05, 4.69) is 47.6 Å². The molecule has 1 saturated carbocycles. The van der Waals surface area contributed by atoms with Crippen LogP contribution in [0.4, 0.5) is 11.6 Å². The van der Waals surface area contributed by atoms with Gasteiger partial charge in [0.05, 0.1) is 0 Å². The lowest BCUT2D eigenvalue weighted by molar-refractivity contribution is 0.379. The van der Waals surface area contributed by atoms with Crippen molar-refractivity contribution in [2.75, 3.05) is 30.0 Å². The Kier molecular flexibility index (Phi) is 5.13. The number of hydrogen-bond donors (Lipinski definition) is 2. The molecule has 4 nitrogen and oxygen atoms in total. The van der Waals surface area contributed by atoms with Gasteiger partial charge in [0, 0.05) is 29.8 Å². The zero-order chi connectivity index (χ0) is 14.6. The van der Waals surface area contributed by atoms with Gasteiger partial charge in [0.15, 0.2) is 0 Å². The first-order valence-corrected chi connectivity index (χ1v) is 8.77.